The lowest BCUT2D eigenvalue weighted by Crippen LogP contribution is -2.28. The molecule has 1 aliphatic rings. The van der Waals surface area contributed by atoms with Crippen molar-refractivity contribution in [3.05, 3.63) is 29.3 Å². The highest BCUT2D eigenvalue weighted by molar-refractivity contribution is 5.38. The van der Waals surface area contributed by atoms with Gasteiger partial charge in [0.1, 0.15) is 5.75 Å². The second-order valence-corrected chi connectivity index (χ2v) is 6.93. The van der Waals surface area contributed by atoms with Crippen LogP contribution in [0.3, 0.4) is 0 Å². The third-order valence-electron chi connectivity index (χ3n) is 4.75. The van der Waals surface area contributed by atoms with Gasteiger partial charge in [-0.1, -0.05) is 38.8 Å². The molecular weight excluding hydrogens is 258 g/mol. The molecule has 1 N–H and O–H groups in total. The smallest absolute Gasteiger partial charge is 0.122 e. The molecule has 1 aliphatic carbocycles. The first-order chi connectivity index (χ1) is 10.1. The van der Waals surface area contributed by atoms with Gasteiger partial charge in [0.15, 0.2) is 0 Å². The summed E-state index contributed by atoms with van der Waals surface area (Å²) in [6.07, 6.45) is 5.55. The van der Waals surface area contributed by atoms with Crippen molar-refractivity contribution in [2.24, 2.45) is 11.8 Å². The summed E-state index contributed by atoms with van der Waals surface area (Å²) in [4.78, 5) is 0. The van der Waals surface area contributed by atoms with E-state index in [1.54, 1.807) is 7.11 Å². The molecule has 2 heteroatoms. The predicted octanol–water partition coefficient (Wildman–Crippen LogP) is 4.52. The number of nitrogens with one attached hydrogen (secondary N) is 1. The van der Waals surface area contributed by atoms with Gasteiger partial charge in [-0.25, -0.2) is 0 Å². The van der Waals surface area contributed by atoms with E-state index in [0.717, 1.165) is 24.8 Å². The first kappa shape index (κ1) is 16.4. The van der Waals surface area contributed by atoms with Gasteiger partial charge in [0.2, 0.25) is 0 Å². The van der Waals surface area contributed by atoms with Crippen LogP contribution in [0.15, 0.2) is 18.2 Å². The molecule has 1 saturated carbocycles. The summed E-state index contributed by atoms with van der Waals surface area (Å²) in [6.45, 7) is 8.85. The van der Waals surface area contributed by atoms with E-state index >= 15 is 0 Å². The fourth-order valence-electron chi connectivity index (χ4n) is 3.51. The lowest BCUT2D eigenvalue weighted by Gasteiger charge is -2.25. The van der Waals surface area contributed by atoms with Gasteiger partial charge in [-0.2, -0.15) is 0 Å². The zero-order valence-corrected chi connectivity index (χ0v) is 14.1. The van der Waals surface area contributed by atoms with Crippen LogP contribution in [-0.4, -0.2) is 20.2 Å². The monoisotopic (exact) mass is 289 g/mol. The molecule has 1 unspecified atom stereocenters. The van der Waals surface area contributed by atoms with Crippen LogP contribution in [0.5, 0.6) is 5.75 Å². The molecule has 2 nitrogen and oxygen atoms in total. The van der Waals surface area contributed by atoms with Crippen molar-refractivity contribution in [1.29, 1.82) is 0 Å². The lowest BCUT2D eigenvalue weighted by atomic mass is 9.84. The Bertz CT molecular complexity index is 435. The van der Waals surface area contributed by atoms with Gasteiger partial charge >= 0.3 is 0 Å². The SMILES string of the molecule is COc1cc(C(CNCC(C)C)C2CCCC2)ccc1C. The van der Waals surface area contributed by atoms with Crippen LogP contribution >= 0.6 is 0 Å². The molecule has 21 heavy (non-hydrogen) atoms. The number of benzene rings is 1. The van der Waals surface area contributed by atoms with Gasteiger partial charge in [-0.3, -0.25) is 0 Å². The summed E-state index contributed by atoms with van der Waals surface area (Å²) < 4.78 is 5.52. The number of hydrogen-bond acceptors (Lipinski definition) is 2. The summed E-state index contributed by atoms with van der Waals surface area (Å²) in [5.74, 6) is 3.19. The molecular formula is C19H31NO. The third kappa shape index (κ3) is 4.47. The second-order valence-electron chi connectivity index (χ2n) is 6.93. The van der Waals surface area contributed by atoms with Crippen LogP contribution in [0.25, 0.3) is 0 Å². The van der Waals surface area contributed by atoms with Crippen LogP contribution in [0.2, 0.25) is 0 Å². The second kappa shape index (κ2) is 7.84. The summed E-state index contributed by atoms with van der Waals surface area (Å²) in [6, 6.07) is 6.77. The van der Waals surface area contributed by atoms with E-state index in [0.29, 0.717) is 11.8 Å². The number of aryl methyl sites for hydroxylation is 1. The van der Waals surface area contributed by atoms with Gasteiger partial charge < -0.3 is 10.1 Å². The van der Waals surface area contributed by atoms with Crippen LogP contribution in [0.1, 0.15) is 56.6 Å². The van der Waals surface area contributed by atoms with Crippen LogP contribution in [0.4, 0.5) is 0 Å². The number of ether oxygens (including phenoxy) is 1. The average molecular weight is 289 g/mol. The van der Waals surface area contributed by atoms with E-state index in [-0.39, 0.29) is 0 Å². The van der Waals surface area contributed by atoms with Crippen molar-refractivity contribution in [2.75, 3.05) is 20.2 Å². The Kier molecular flexibility index (Phi) is 6.10. The lowest BCUT2D eigenvalue weighted by molar-refractivity contribution is 0.392. The summed E-state index contributed by atoms with van der Waals surface area (Å²) in [5, 5.41) is 3.67. The van der Waals surface area contributed by atoms with E-state index in [1.807, 2.05) is 0 Å². The minimum absolute atomic E-state index is 0.626. The molecule has 1 aromatic carbocycles. The fourth-order valence-corrected chi connectivity index (χ4v) is 3.51. The molecule has 0 bridgehead atoms. The average Bonchev–Trinajstić information content (AvgIpc) is 2.98. The molecule has 0 radical (unpaired) electrons. The van der Waals surface area contributed by atoms with Crippen molar-refractivity contribution in [3.8, 4) is 5.75 Å². The standard InChI is InChI=1S/C19H31NO/c1-14(2)12-20-13-18(16-7-5-6-8-16)17-10-9-15(3)19(11-17)21-4/h9-11,14,16,18,20H,5-8,12-13H2,1-4H3. The van der Waals surface area contributed by atoms with Crippen LogP contribution in [0, 0.1) is 18.8 Å². The van der Waals surface area contributed by atoms with Crippen molar-refractivity contribution in [2.45, 2.75) is 52.4 Å². The van der Waals surface area contributed by atoms with Gasteiger partial charge in [-0.05, 0) is 61.3 Å². The highest BCUT2D eigenvalue weighted by Gasteiger charge is 2.26. The Morgan fingerprint density at radius 1 is 1.19 bits per heavy atom. The minimum atomic E-state index is 0.626. The van der Waals surface area contributed by atoms with Crippen molar-refractivity contribution >= 4 is 0 Å². The first-order valence-electron chi connectivity index (χ1n) is 8.47. The molecule has 0 spiro atoms. The predicted molar refractivity (Wildman–Crippen MR) is 90.1 cm³/mol. The van der Waals surface area contributed by atoms with Gasteiger partial charge in [0.25, 0.3) is 0 Å². The normalized spacial score (nSPS) is 17.4. The number of methoxy groups -OCH3 is 1. The van der Waals surface area contributed by atoms with E-state index in [2.05, 4.69) is 44.3 Å². The maximum atomic E-state index is 5.52. The van der Waals surface area contributed by atoms with Crippen LogP contribution in [-0.2, 0) is 0 Å². The molecule has 0 aromatic heterocycles. The topological polar surface area (TPSA) is 21.3 Å². The zero-order valence-electron chi connectivity index (χ0n) is 14.1. The maximum absolute atomic E-state index is 5.52. The van der Waals surface area contributed by atoms with Crippen molar-refractivity contribution in [1.82, 2.24) is 5.32 Å². The molecule has 1 aromatic rings. The Labute approximate surface area is 130 Å². The van der Waals surface area contributed by atoms with Crippen molar-refractivity contribution in [3.63, 3.8) is 0 Å². The molecule has 1 atom stereocenters. The molecule has 1 fully saturated rings. The molecule has 0 aliphatic heterocycles. The largest absolute Gasteiger partial charge is 0.496 e. The van der Waals surface area contributed by atoms with E-state index < -0.39 is 0 Å². The minimum Gasteiger partial charge on any atom is -0.496 e. The highest BCUT2D eigenvalue weighted by Crippen LogP contribution is 2.38. The third-order valence-corrected chi connectivity index (χ3v) is 4.75. The van der Waals surface area contributed by atoms with E-state index in [4.69, 9.17) is 4.74 Å². The zero-order chi connectivity index (χ0) is 15.2. The van der Waals surface area contributed by atoms with Gasteiger partial charge in [-0.15, -0.1) is 0 Å². The van der Waals surface area contributed by atoms with Gasteiger partial charge in [0, 0.05) is 6.54 Å². The Balaban J connectivity index is 2.13. The molecule has 0 saturated heterocycles. The van der Waals surface area contributed by atoms with E-state index in [1.165, 1.54) is 36.8 Å². The number of rotatable bonds is 7. The maximum Gasteiger partial charge on any atom is 0.122 e. The molecule has 0 heterocycles. The summed E-state index contributed by atoms with van der Waals surface area (Å²) in [5.41, 5.74) is 2.67. The molecule has 118 valence electrons. The Hall–Kier alpha value is -1.02. The summed E-state index contributed by atoms with van der Waals surface area (Å²) in [7, 11) is 1.77. The first-order valence-corrected chi connectivity index (χ1v) is 8.47. The van der Waals surface area contributed by atoms with Crippen molar-refractivity contribution < 1.29 is 4.74 Å². The number of hydrogen-bond donors (Lipinski definition) is 1. The van der Waals surface area contributed by atoms with Crippen LogP contribution < -0.4 is 10.1 Å². The molecule has 0 amide bonds. The quantitative estimate of drug-likeness (QED) is 0.796. The molecule has 2 rings (SSSR count). The highest BCUT2D eigenvalue weighted by atomic mass is 16.5. The fraction of sp³-hybridized carbons (Fsp3) is 0.684. The van der Waals surface area contributed by atoms with E-state index in [9.17, 15) is 0 Å². The Morgan fingerprint density at radius 3 is 2.52 bits per heavy atom. The Morgan fingerprint density at radius 2 is 1.90 bits per heavy atom. The summed E-state index contributed by atoms with van der Waals surface area (Å²) >= 11 is 0. The van der Waals surface area contributed by atoms with Gasteiger partial charge in [0.05, 0.1) is 7.11 Å².